The minimum atomic E-state index is -0.769. The van der Waals surface area contributed by atoms with E-state index in [2.05, 4.69) is 15.3 Å². The Bertz CT molecular complexity index is 1400. The van der Waals surface area contributed by atoms with E-state index in [1.807, 2.05) is 12.1 Å². The number of methoxy groups -OCH3 is 1. The quantitative estimate of drug-likeness (QED) is 0.404. The normalized spacial score (nSPS) is 16.9. The lowest BCUT2D eigenvalue weighted by molar-refractivity contribution is -0.126. The van der Waals surface area contributed by atoms with Crippen molar-refractivity contribution in [3.63, 3.8) is 0 Å². The van der Waals surface area contributed by atoms with Crippen molar-refractivity contribution in [2.75, 3.05) is 26.9 Å². The predicted octanol–water partition coefficient (Wildman–Crippen LogP) is 3.36. The Labute approximate surface area is 237 Å². The summed E-state index contributed by atoms with van der Waals surface area (Å²) in [7, 11) is 1.49. The molecular formula is C29H32ClN5O5. The molecule has 2 amide bonds. The van der Waals surface area contributed by atoms with Crippen molar-refractivity contribution in [3.05, 3.63) is 70.3 Å². The molecule has 0 spiro atoms. The maximum Gasteiger partial charge on any atom is 0.255 e. The highest BCUT2D eigenvalue weighted by atomic mass is 35.5. The number of nitrogens with one attached hydrogen (secondary N) is 1. The van der Waals surface area contributed by atoms with Crippen molar-refractivity contribution >= 4 is 23.4 Å². The van der Waals surface area contributed by atoms with Gasteiger partial charge in [-0.25, -0.2) is 15.0 Å². The number of amides is 2. The molecule has 1 saturated heterocycles. The van der Waals surface area contributed by atoms with E-state index >= 15 is 0 Å². The second-order valence-electron chi connectivity index (χ2n) is 10.1. The molecule has 4 heterocycles. The van der Waals surface area contributed by atoms with Crippen LogP contribution in [0.1, 0.15) is 53.1 Å². The van der Waals surface area contributed by atoms with Crippen molar-refractivity contribution in [2.45, 2.75) is 44.8 Å². The minimum Gasteiger partial charge on any atom is -0.481 e. The van der Waals surface area contributed by atoms with Crippen molar-refractivity contribution in [2.24, 2.45) is 5.92 Å². The molecule has 2 aliphatic heterocycles. The molecule has 0 radical (unpaired) electrons. The number of nitrogens with zero attached hydrogens (tertiary/aromatic N) is 4. The molecule has 11 heteroatoms. The fourth-order valence-corrected chi connectivity index (χ4v) is 5.32. The van der Waals surface area contributed by atoms with Crippen LogP contribution in [0.15, 0.2) is 42.7 Å². The fourth-order valence-electron chi connectivity index (χ4n) is 5.12. The Hall–Kier alpha value is -3.60. The van der Waals surface area contributed by atoms with Gasteiger partial charge in [0.1, 0.15) is 11.9 Å². The summed E-state index contributed by atoms with van der Waals surface area (Å²) in [6.07, 6.45) is 5.86. The lowest BCUT2D eigenvalue weighted by Crippen LogP contribution is -2.46. The molecule has 10 nitrogen and oxygen atoms in total. The van der Waals surface area contributed by atoms with Crippen molar-refractivity contribution in [1.82, 2.24) is 25.2 Å². The molecule has 0 aliphatic carbocycles. The molecule has 2 aromatic heterocycles. The van der Waals surface area contributed by atoms with Crippen LogP contribution >= 0.6 is 11.6 Å². The minimum absolute atomic E-state index is 0.252. The maximum absolute atomic E-state index is 13.4. The topological polar surface area (TPSA) is 127 Å². The summed E-state index contributed by atoms with van der Waals surface area (Å²) >= 11 is 6.49. The number of benzene rings is 1. The largest absolute Gasteiger partial charge is 0.481 e. The summed E-state index contributed by atoms with van der Waals surface area (Å²) in [5.41, 5.74) is 3.28. The predicted molar refractivity (Wildman–Crippen MR) is 148 cm³/mol. The second-order valence-corrected chi connectivity index (χ2v) is 10.5. The van der Waals surface area contributed by atoms with Gasteiger partial charge in [0.15, 0.2) is 0 Å². The monoisotopic (exact) mass is 565 g/mol. The van der Waals surface area contributed by atoms with Crippen LogP contribution in [-0.4, -0.2) is 69.7 Å². The molecular weight excluding hydrogens is 534 g/mol. The van der Waals surface area contributed by atoms with Crippen LogP contribution in [0.25, 0.3) is 11.3 Å². The molecule has 40 heavy (non-hydrogen) atoms. The number of pyridine rings is 1. The second kappa shape index (κ2) is 12.3. The van der Waals surface area contributed by atoms with Gasteiger partial charge in [-0.1, -0.05) is 23.7 Å². The van der Waals surface area contributed by atoms with Gasteiger partial charge in [0.25, 0.3) is 5.91 Å². The van der Waals surface area contributed by atoms with E-state index in [9.17, 15) is 14.7 Å². The zero-order valence-corrected chi connectivity index (χ0v) is 23.2. The first-order chi connectivity index (χ1) is 19.4. The third-order valence-electron chi connectivity index (χ3n) is 7.54. The van der Waals surface area contributed by atoms with Gasteiger partial charge in [0.2, 0.25) is 11.8 Å². The molecule has 0 saturated carbocycles. The van der Waals surface area contributed by atoms with Gasteiger partial charge in [-0.3, -0.25) is 9.59 Å². The van der Waals surface area contributed by atoms with Crippen LogP contribution in [0.5, 0.6) is 5.88 Å². The summed E-state index contributed by atoms with van der Waals surface area (Å²) in [5.74, 6) is 0.927. The number of hydrogen-bond acceptors (Lipinski definition) is 8. The van der Waals surface area contributed by atoms with Crippen LogP contribution in [0, 0.1) is 5.92 Å². The van der Waals surface area contributed by atoms with E-state index in [0.29, 0.717) is 40.2 Å². The summed E-state index contributed by atoms with van der Waals surface area (Å²) in [6, 6.07) is 7.46. The molecule has 2 N–H and O–H groups in total. The molecule has 0 unspecified atom stereocenters. The average Bonchev–Trinajstić information content (AvgIpc) is 3.32. The Morgan fingerprint density at radius 1 is 1.25 bits per heavy atom. The number of rotatable bonds is 9. The Balaban J connectivity index is 1.30. The van der Waals surface area contributed by atoms with Crippen molar-refractivity contribution < 1.29 is 24.2 Å². The Kier molecular flexibility index (Phi) is 8.58. The van der Waals surface area contributed by atoms with Gasteiger partial charge in [0, 0.05) is 55.8 Å². The van der Waals surface area contributed by atoms with Crippen LogP contribution in [-0.2, 0) is 22.5 Å². The third kappa shape index (κ3) is 5.94. The van der Waals surface area contributed by atoms with Gasteiger partial charge in [0.05, 0.1) is 30.5 Å². The van der Waals surface area contributed by atoms with Gasteiger partial charge in [-0.15, -0.1) is 0 Å². The van der Waals surface area contributed by atoms with Gasteiger partial charge >= 0.3 is 0 Å². The number of hydrogen-bond donors (Lipinski definition) is 2. The highest BCUT2D eigenvalue weighted by Crippen LogP contribution is 2.32. The number of aromatic nitrogens is 3. The van der Waals surface area contributed by atoms with Gasteiger partial charge in [-0.05, 0) is 48.9 Å². The van der Waals surface area contributed by atoms with Crippen LogP contribution < -0.4 is 10.1 Å². The molecule has 2 aliphatic rings. The maximum atomic E-state index is 13.4. The van der Waals surface area contributed by atoms with Gasteiger partial charge < -0.3 is 24.8 Å². The molecule has 1 fully saturated rings. The lowest BCUT2D eigenvalue weighted by Gasteiger charge is -2.26. The summed E-state index contributed by atoms with van der Waals surface area (Å²) in [5, 5.41) is 13.2. The molecule has 1 aromatic carbocycles. The van der Waals surface area contributed by atoms with Crippen molar-refractivity contribution in [1.29, 1.82) is 0 Å². The van der Waals surface area contributed by atoms with Crippen LogP contribution in [0.4, 0.5) is 0 Å². The first-order valence-electron chi connectivity index (χ1n) is 13.3. The first-order valence-corrected chi connectivity index (χ1v) is 13.7. The number of fused-ring (bicyclic) bond motifs is 1. The number of aliphatic hydroxyl groups is 1. The zero-order chi connectivity index (χ0) is 28.2. The summed E-state index contributed by atoms with van der Waals surface area (Å²) < 4.78 is 10.6. The summed E-state index contributed by atoms with van der Waals surface area (Å²) in [4.78, 5) is 41.3. The Morgan fingerprint density at radius 2 is 2.05 bits per heavy atom. The number of ether oxygens (including phenoxy) is 2. The van der Waals surface area contributed by atoms with E-state index in [1.54, 1.807) is 37.5 Å². The number of aliphatic hydroxyl groups excluding tert-OH is 1. The molecule has 210 valence electrons. The highest BCUT2D eigenvalue weighted by Gasteiger charge is 2.35. The van der Waals surface area contributed by atoms with E-state index in [0.717, 1.165) is 49.4 Å². The van der Waals surface area contributed by atoms with Crippen LogP contribution in [0.3, 0.4) is 0 Å². The average molecular weight is 566 g/mol. The number of halogens is 1. The van der Waals surface area contributed by atoms with Gasteiger partial charge in [-0.2, -0.15) is 0 Å². The Morgan fingerprint density at radius 3 is 2.80 bits per heavy atom. The third-order valence-corrected chi connectivity index (χ3v) is 7.81. The SMILES string of the molecule is COc1cc([C@@H](CO)NC(=O)[C@@H](C)N2Cc3ccc(-c4nc(CC5CCOCC5)ncc4Cl)cc3C2=O)ccn1. The molecule has 0 bridgehead atoms. The first kappa shape index (κ1) is 27.9. The molecule has 5 rings (SSSR count). The summed E-state index contributed by atoms with van der Waals surface area (Å²) in [6.45, 7) is 3.15. The zero-order valence-electron chi connectivity index (χ0n) is 22.5. The lowest BCUT2D eigenvalue weighted by atomic mass is 9.96. The molecule has 2 atom stereocenters. The van der Waals surface area contributed by atoms with Crippen LogP contribution in [0.2, 0.25) is 5.02 Å². The van der Waals surface area contributed by atoms with E-state index in [-0.39, 0.29) is 18.4 Å². The van der Waals surface area contributed by atoms with E-state index in [1.165, 1.54) is 12.0 Å². The number of carbonyl (C=O) groups is 2. The number of carbonyl (C=O) groups excluding carboxylic acids is 2. The smallest absolute Gasteiger partial charge is 0.255 e. The molecule has 3 aromatic rings. The van der Waals surface area contributed by atoms with E-state index in [4.69, 9.17) is 26.1 Å². The van der Waals surface area contributed by atoms with Crippen molar-refractivity contribution in [3.8, 4) is 17.1 Å². The standard InChI is InChI=1S/C29H32ClN5O5/c1-17(28(37)33-24(16-36)19-5-8-31-26(13-19)39-2)35-15-21-4-3-20(12-22(21)29(35)38)27-23(30)14-32-25(34-27)11-18-6-9-40-10-7-18/h3-5,8,12-14,17-18,24,36H,6-7,9-11,15-16H2,1-2H3,(H,33,37)/t17-,24-/m1/s1. The highest BCUT2D eigenvalue weighted by molar-refractivity contribution is 6.32. The fraction of sp³-hybridized carbons (Fsp3) is 0.414. The van der Waals surface area contributed by atoms with E-state index < -0.39 is 12.1 Å².